The van der Waals surface area contributed by atoms with Gasteiger partial charge in [-0.1, -0.05) is 31.7 Å². The minimum absolute atomic E-state index is 0.230. The molecule has 0 spiro atoms. The van der Waals surface area contributed by atoms with Gasteiger partial charge in [-0.25, -0.2) is 18.4 Å². The Balaban J connectivity index is 1.72. The van der Waals surface area contributed by atoms with Crippen molar-refractivity contribution in [1.82, 2.24) is 18.7 Å². The Labute approximate surface area is 158 Å². The van der Waals surface area contributed by atoms with Crippen molar-refractivity contribution in [3.63, 3.8) is 0 Å². The predicted molar refractivity (Wildman–Crippen MR) is 104 cm³/mol. The number of hydrogen-bond acceptors (Lipinski definition) is 5. The first kappa shape index (κ1) is 18.9. The Morgan fingerprint density at radius 2 is 1.96 bits per heavy atom. The van der Waals surface area contributed by atoms with E-state index in [2.05, 4.69) is 9.97 Å². The summed E-state index contributed by atoms with van der Waals surface area (Å²) in [6, 6.07) is 7.41. The number of fused-ring (bicyclic) bond motifs is 1. The Morgan fingerprint density at radius 3 is 2.58 bits per heavy atom. The molecule has 0 saturated carbocycles. The Kier molecular flexibility index (Phi) is 5.64. The van der Waals surface area contributed by atoms with Crippen LogP contribution in [0.1, 0.15) is 25.1 Å². The monoisotopic (exact) mass is 390 g/mol. The molecular weight excluding hydrogens is 368 g/mol. The first-order valence-corrected chi connectivity index (χ1v) is 10.9. The predicted octanol–water partition coefficient (Wildman–Crippen LogP) is 3.36. The number of nitrogens with zero attached hydrogens (tertiary/aromatic N) is 4. The van der Waals surface area contributed by atoms with Crippen molar-refractivity contribution in [2.24, 2.45) is 0 Å². The lowest BCUT2D eigenvalue weighted by Crippen LogP contribution is -2.30. The topological polar surface area (TPSA) is 67.6 Å². The first-order chi connectivity index (χ1) is 12.5. The quantitative estimate of drug-likeness (QED) is 0.579. The molecule has 138 valence electrons. The number of hydrogen-bond donors (Lipinski definition) is 0. The molecule has 3 aromatic rings. The summed E-state index contributed by atoms with van der Waals surface area (Å²) < 4.78 is 28.4. The Morgan fingerprint density at radius 1 is 1.19 bits per heavy atom. The van der Waals surface area contributed by atoms with Crippen LogP contribution < -0.4 is 0 Å². The fraction of sp³-hybridized carbons (Fsp3) is 0.333. The van der Waals surface area contributed by atoms with Crippen molar-refractivity contribution in [3.05, 3.63) is 54.1 Å². The summed E-state index contributed by atoms with van der Waals surface area (Å²) in [5.74, 6) is 0.677. The zero-order valence-corrected chi connectivity index (χ0v) is 16.7. The van der Waals surface area contributed by atoms with E-state index in [0.29, 0.717) is 18.8 Å². The van der Waals surface area contributed by atoms with Crippen molar-refractivity contribution in [3.8, 4) is 0 Å². The van der Waals surface area contributed by atoms with Crippen molar-refractivity contribution in [1.29, 1.82) is 0 Å². The maximum Gasteiger partial charge on any atom is 0.244 e. The van der Waals surface area contributed by atoms with Crippen LogP contribution in [0, 0.1) is 6.92 Å². The molecule has 0 fully saturated rings. The summed E-state index contributed by atoms with van der Waals surface area (Å²) in [7, 11) is -3.46. The third kappa shape index (κ3) is 3.77. The average Bonchev–Trinajstić information content (AvgIpc) is 3.06. The molecule has 0 aliphatic rings. The summed E-state index contributed by atoms with van der Waals surface area (Å²) in [6.07, 6.45) is 5.42. The van der Waals surface area contributed by atoms with E-state index in [4.69, 9.17) is 0 Å². The lowest BCUT2D eigenvalue weighted by molar-refractivity contribution is 0.445. The van der Waals surface area contributed by atoms with E-state index < -0.39 is 10.0 Å². The van der Waals surface area contributed by atoms with Gasteiger partial charge in [0.25, 0.3) is 0 Å². The van der Waals surface area contributed by atoms with Crippen LogP contribution in [-0.4, -0.2) is 40.2 Å². The zero-order chi connectivity index (χ0) is 18.7. The number of imidazole rings is 1. The normalized spacial score (nSPS) is 12.2. The molecule has 0 N–H and O–H groups in total. The molecule has 0 atom stereocenters. The minimum atomic E-state index is -3.46. The fourth-order valence-corrected chi connectivity index (χ4v) is 4.87. The smallest absolute Gasteiger partial charge is 0.244 e. The highest BCUT2D eigenvalue weighted by atomic mass is 32.2. The number of sulfonamides is 1. The lowest BCUT2D eigenvalue weighted by atomic mass is 10.3. The Hall–Kier alpha value is -1.90. The maximum absolute atomic E-state index is 12.5. The number of pyridine rings is 2. The third-order valence-corrected chi connectivity index (χ3v) is 7.16. The van der Waals surface area contributed by atoms with Gasteiger partial charge in [-0.3, -0.25) is 0 Å². The van der Waals surface area contributed by atoms with Gasteiger partial charge < -0.3 is 4.40 Å². The molecule has 0 aromatic carbocycles. The van der Waals surface area contributed by atoms with E-state index in [1.807, 2.05) is 49.7 Å². The molecule has 0 amide bonds. The van der Waals surface area contributed by atoms with E-state index in [1.165, 1.54) is 22.3 Å². The highest BCUT2D eigenvalue weighted by Crippen LogP contribution is 2.23. The van der Waals surface area contributed by atoms with Gasteiger partial charge in [0.05, 0.1) is 10.7 Å². The van der Waals surface area contributed by atoms with Crippen molar-refractivity contribution in [2.75, 3.05) is 13.1 Å². The van der Waals surface area contributed by atoms with Crippen molar-refractivity contribution < 1.29 is 8.42 Å². The van der Waals surface area contributed by atoms with E-state index in [-0.39, 0.29) is 4.90 Å². The van der Waals surface area contributed by atoms with E-state index >= 15 is 0 Å². The zero-order valence-electron chi connectivity index (χ0n) is 15.1. The van der Waals surface area contributed by atoms with Crippen LogP contribution in [0.4, 0.5) is 0 Å². The number of aryl methyl sites for hydroxylation is 1. The molecule has 0 aliphatic carbocycles. The van der Waals surface area contributed by atoms with Gasteiger partial charge in [-0.05, 0) is 30.7 Å². The average molecular weight is 391 g/mol. The lowest BCUT2D eigenvalue weighted by Gasteiger charge is -2.18. The molecular formula is C18H22N4O2S2. The van der Waals surface area contributed by atoms with Crippen LogP contribution in [0.2, 0.25) is 0 Å². The van der Waals surface area contributed by atoms with Crippen LogP contribution in [0.15, 0.2) is 52.8 Å². The summed E-state index contributed by atoms with van der Waals surface area (Å²) in [5.41, 5.74) is 3.05. The van der Waals surface area contributed by atoms with Gasteiger partial charge in [-0.15, -0.1) is 0 Å². The van der Waals surface area contributed by atoms with E-state index in [9.17, 15) is 8.42 Å². The number of aromatic nitrogens is 3. The second kappa shape index (κ2) is 7.77. The number of thioether (sulfide) groups is 1. The van der Waals surface area contributed by atoms with Crippen LogP contribution >= 0.6 is 11.8 Å². The second-order valence-corrected chi connectivity index (χ2v) is 8.80. The second-order valence-electron chi connectivity index (χ2n) is 5.86. The van der Waals surface area contributed by atoms with Crippen LogP contribution in [0.3, 0.4) is 0 Å². The van der Waals surface area contributed by atoms with Crippen LogP contribution in [-0.2, 0) is 15.8 Å². The molecule has 0 radical (unpaired) electrons. The van der Waals surface area contributed by atoms with Crippen molar-refractivity contribution >= 4 is 27.4 Å². The van der Waals surface area contributed by atoms with Gasteiger partial charge >= 0.3 is 0 Å². The molecule has 0 bridgehead atoms. The van der Waals surface area contributed by atoms with Crippen LogP contribution in [0.5, 0.6) is 0 Å². The highest BCUT2D eigenvalue weighted by Gasteiger charge is 2.21. The molecule has 26 heavy (non-hydrogen) atoms. The molecule has 6 nitrogen and oxygen atoms in total. The molecule has 0 aliphatic heterocycles. The van der Waals surface area contributed by atoms with Crippen molar-refractivity contribution in [2.45, 2.75) is 36.4 Å². The standard InChI is InChI=1S/C18H22N4O2S2/c1-4-22(5-2)26(23,24)16-8-9-17(19-11-16)25-13-15-12-21-10-6-7-14(3)18(21)20-15/h6-12H,4-5,13H2,1-3H3. The van der Waals surface area contributed by atoms with Gasteiger partial charge in [-0.2, -0.15) is 4.31 Å². The molecule has 3 rings (SSSR count). The summed E-state index contributed by atoms with van der Waals surface area (Å²) in [4.78, 5) is 9.18. The molecule has 0 unspecified atom stereocenters. The Bertz CT molecular complexity index is 994. The third-order valence-electron chi connectivity index (χ3n) is 4.15. The first-order valence-electron chi connectivity index (χ1n) is 8.48. The highest BCUT2D eigenvalue weighted by molar-refractivity contribution is 7.98. The van der Waals surface area contributed by atoms with E-state index in [1.54, 1.807) is 12.1 Å². The summed E-state index contributed by atoms with van der Waals surface area (Å²) >= 11 is 1.54. The van der Waals surface area contributed by atoms with Gasteiger partial charge in [0.15, 0.2) is 0 Å². The van der Waals surface area contributed by atoms with Gasteiger partial charge in [0.1, 0.15) is 10.5 Å². The van der Waals surface area contributed by atoms with Gasteiger partial charge in [0.2, 0.25) is 10.0 Å². The summed E-state index contributed by atoms with van der Waals surface area (Å²) in [6.45, 7) is 6.59. The number of rotatable bonds is 7. The molecule has 8 heteroatoms. The van der Waals surface area contributed by atoms with E-state index in [0.717, 1.165) is 21.9 Å². The molecule has 3 heterocycles. The minimum Gasteiger partial charge on any atom is -0.307 e. The van der Waals surface area contributed by atoms with Crippen LogP contribution in [0.25, 0.3) is 5.65 Å². The fourth-order valence-electron chi connectivity index (χ4n) is 2.74. The SMILES string of the molecule is CCN(CC)S(=O)(=O)c1ccc(SCc2cn3cccc(C)c3n2)nc1. The molecule has 0 saturated heterocycles. The molecule has 3 aromatic heterocycles. The largest absolute Gasteiger partial charge is 0.307 e. The van der Waals surface area contributed by atoms with Gasteiger partial charge in [0, 0.05) is 37.4 Å². The summed E-state index contributed by atoms with van der Waals surface area (Å²) in [5, 5.41) is 0.775. The maximum atomic E-state index is 12.5.